The standard InChI is InChI=1S/C15H22ClN3O2/c1-15(2,3)12(17)8-13(20)19-11-7-9(14(21)18-4)5-6-10(11)16/h5-7,12H,8,17H2,1-4H3,(H,18,21)(H,19,20). The predicted molar refractivity (Wildman–Crippen MR) is 85.5 cm³/mol. The molecule has 0 aliphatic rings. The third kappa shape index (κ3) is 5.02. The zero-order valence-corrected chi connectivity index (χ0v) is 13.5. The van der Waals surface area contributed by atoms with Crippen LogP contribution in [0, 0.1) is 5.41 Å². The molecule has 0 bridgehead atoms. The average molecular weight is 312 g/mol. The van der Waals surface area contributed by atoms with Gasteiger partial charge in [-0.1, -0.05) is 32.4 Å². The van der Waals surface area contributed by atoms with Crippen molar-refractivity contribution in [2.75, 3.05) is 12.4 Å². The van der Waals surface area contributed by atoms with E-state index in [4.69, 9.17) is 17.3 Å². The quantitative estimate of drug-likeness (QED) is 0.798. The molecule has 0 heterocycles. The molecule has 1 rings (SSSR count). The summed E-state index contributed by atoms with van der Waals surface area (Å²) in [6, 6.07) is 4.45. The molecule has 2 amide bonds. The maximum atomic E-state index is 12.0. The number of halogens is 1. The summed E-state index contributed by atoms with van der Waals surface area (Å²) in [5.41, 5.74) is 6.66. The SMILES string of the molecule is CNC(=O)c1ccc(Cl)c(NC(=O)CC(N)C(C)(C)C)c1. The second-order valence-corrected chi connectivity index (χ2v) is 6.41. The highest BCUT2D eigenvalue weighted by Gasteiger charge is 2.23. The van der Waals surface area contributed by atoms with Gasteiger partial charge in [0.1, 0.15) is 0 Å². The van der Waals surface area contributed by atoms with Crippen molar-refractivity contribution in [3.8, 4) is 0 Å². The molecule has 116 valence electrons. The molecule has 0 aromatic heterocycles. The van der Waals surface area contributed by atoms with E-state index in [0.29, 0.717) is 16.3 Å². The number of nitrogens with two attached hydrogens (primary N) is 1. The number of anilines is 1. The van der Waals surface area contributed by atoms with Gasteiger partial charge in [-0.15, -0.1) is 0 Å². The number of rotatable bonds is 4. The number of nitrogens with one attached hydrogen (secondary N) is 2. The highest BCUT2D eigenvalue weighted by molar-refractivity contribution is 6.33. The summed E-state index contributed by atoms with van der Waals surface area (Å²) in [6.45, 7) is 5.93. The maximum absolute atomic E-state index is 12.0. The molecule has 0 saturated carbocycles. The van der Waals surface area contributed by atoms with Gasteiger partial charge < -0.3 is 16.4 Å². The summed E-state index contributed by atoms with van der Waals surface area (Å²) in [5, 5.41) is 5.60. The van der Waals surface area contributed by atoms with Crippen LogP contribution in [0.3, 0.4) is 0 Å². The Morgan fingerprint density at radius 1 is 1.33 bits per heavy atom. The van der Waals surface area contributed by atoms with Gasteiger partial charge in [0.15, 0.2) is 0 Å². The minimum Gasteiger partial charge on any atom is -0.355 e. The van der Waals surface area contributed by atoms with E-state index in [1.165, 1.54) is 7.05 Å². The Hall–Kier alpha value is -1.59. The van der Waals surface area contributed by atoms with Crippen LogP contribution in [0.15, 0.2) is 18.2 Å². The Morgan fingerprint density at radius 2 is 1.95 bits per heavy atom. The maximum Gasteiger partial charge on any atom is 0.251 e. The minimum absolute atomic E-state index is 0.162. The first-order valence-corrected chi connectivity index (χ1v) is 7.10. The molecule has 1 aromatic carbocycles. The van der Waals surface area contributed by atoms with Crippen molar-refractivity contribution >= 4 is 29.1 Å². The van der Waals surface area contributed by atoms with Gasteiger partial charge >= 0.3 is 0 Å². The smallest absolute Gasteiger partial charge is 0.251 e. The fourth-order valence-electron chi connectivity index (χ4n) is 1.61. The van der Waals surface area contributed by atoms with Gasteiger partial charge in [-0.25, -0.2) is 0 Å². The van der Waals surface area contributed by atoms with Gasteiger partial charge in [-0.05, 0) is 23.6 Å². The molecular formula is C15H22ClN3O2. The molecule has 0 fully saturated rings. The molecule has 5 nitrogen and oxygen atoms in total. The molecule has 0 aliphatic heterocycles. The number of benzene rings is 1. The van der Waals surface area contributed by atoms with Crippen molar-refractivity contribution in [3.63, 3.8) is 0 Å². The third-order valence-electron chi connectivity index (χ3n) is 3.25. The van der Waals surface area contributed by atoms with Gasteiger partial charge in [0.25, 0.3) is 5.91 Å². The lowest BCUT2D eigenvalue weighted by molar-refractivity contribution is -0.117. The minimum atomic E-state index is -0.265. The van der Waals surface area contributed by atoms with Crippen LogP contribution in [0.1, 0.15) is 37.6 Å². The molecule has 4 N–H and O–H groups in total. The number of hydrogen-bond donors (Lipinski definition) is 3. The van der Waals surface area contributed by atoms with E-state index in [0.717, 1.165) is 0 Å². The molecule has 1 atom stereocenters. The molecule has 0 radical (unpaired) electrons. The fourth-order valence-corrected chi connectivity index (χ4v) is 1.78. The molecular weight excluding hydrogens is 290 g/mol. The first-order chi connectivity index (χ1) is 9.65. The van der Waals surface area contributed by atoms with Gasteiger partial charge in [-0.3, -0.25) is 9.59 Å². The van der Waals surface area contributed by atoms with Crippen LogP contribution in [0.4, 0.5) is 5.69 Å². The largest absolute Gasteiger partial charge is 0.355 e. The zero-order chi connectivity index (χ0) is 16.2. The average Bonchev–Trinajstić information content (AvgIpc) is 2.39. The molecule has 0 saturated heterocycles. The third-order valence-corrected chi connectivity index (χ3v) is 3.58. The predicted octanol–water partition coefficient (Wildman–Crippen LogP) is 2.40. The molecule has 0 aliphatic carbocycles. The van der Waals surface area contributed by atoms with Crippen molar-refractivity contribution in [1.29, 1.82) is 0 Å². The lowest BCUT2D eigenvalue weighted by atomic mass is 9.85. The van der Waals surface area contributed by atoms with Crippen LogP contribution in [-0.2, 0) is 4.79 Å². The van der Waals surface area contributed by atoms with E-state index in [1.807, 2.05) is 20.8 Å². The van der Waals surface area contributed by atoms with Crippen molar-refractivity contribution in [3.05, 3.63) is 28.8 Å². The van der Waals surface area contributed by atoms with Gasteiger partial charge in [0.2, 0.25) is 5.91 Å². The van der Waals surface area contributed by atoms with Crippen molar-refractivity contribution < 1.29 is 9.59 Å². The summed E-state index contributed by atoms with van der Waals surface area (Å²) in [4.78, 5) is 23.6. The van der Waals surface area contributed by atoms with E-state index in [1.54, 1.807) is 18.2 Å². The van der Waals surface area contributed by atoms with E-state index >= 15 is 0 Å². The first kappa shape index (κ1) is 17.5. The molecule has 0 spiro atoms. The van der Waals surface area contributed by atoms with Crippen LogP contribution < -0.4 is 16.4 Å². The van der Waals surface area contributed by atoms with E-state index < -0.39 is 0 Å². The Bertz CT molecular complexity index is 538. The first-order valence-electron chi connectivity index (χ1n) is 6.72. The molecule has 21 heavy (non-hydrogen) atoms. The monoisotopic (exact) mass is 311 g/mol. The van der Waals surface area contributed by atoms with Crippen molar-refractivity contribution in [2.45, 2.75) is 33.2 Å². The Morgan fingerprint density at radius 3 is 2.48 bits per heavy atom. The fraction of sp³-hybridized carbons (Fsp3) is 0.467. The van der Waals surface area contributed by atoms with Crippen molar-refractivity contribution in [1.82, 2.24) is 5.32 Å². The van der Waals surface area contributed by atoms with Crippen LogP contribution in [0.5, 0.6) is 0 Å². The highest BCUT2D eigenvalue weighted by Crippen LogP contribution is 2.24. The molecule has 1 unspecified atom stereocenters. The summed E-state index contributed by atoms with van der Waals surface area (Å²) in [6.07, 6.45) is 0.185. The van der Waals surface area contributed by atoms with Gasteiger partial charge in [0, 0.05) is 25.1 Å². The lowest BCUT2D eigenvalue weighted by Gasteiger charge is -2.26. The lowest BCUT2D eigenvalue weighted by Crippen LogP contribution is -2.38. The Balaban J connectivity index is 2.83. The second-order valence-electron chi connectivity index (χ2n) is 6.00. The summed E-state index contributed by atoms with van der Waals surface area (Å²) < 4.78 is 0. The van der Waals surface area contributed by atoms with Crippen LogP contribution in [-0.4, -0.2) is 24.9 Å². The highest BCUT2D eigenvalue weighted by atomic mass is 35.5. The molecule has 1 aromatic rings. The van der Waals surface area contributed by atoms with Gasteiger partial charge in [0.05, 0.1) is 10.7 Å². The molecule has 6 heteroatoms. The number of carbonyl (C=O) groups excluding carboxylic acids is 2. The normalized spacial score (nSPS) is 12.7. The van der Waals surface area contributed by atoms with Gasteiger partial charge in [-0.2, -0.15) is 0 Å². The van der Waals surface area contributed by atoms with Crippen LogP contribution in [0.25, 0.3) is 0 Å². The van der Waals surface area contributed by atoms with Crippen LogP contribution >= 0.6 is 11.6 Å². The number of hydrogen-bond acceptors (Lipinski definition) is 3. The Kier molecular flexibility index (Phi) is 5.75. The number of amides is 2. The van der Waals surface area contributed by atoms with E-state index in [-0.39, 0.29) is 29.7 Å². The summed E-state index contributed by atoms with van der Waals surface area (Å²) in [5.74, 6) is -0.470. The summed E-state index contributed by atoms with van der Waals surface area (Å²) >= 11 is 6.04. The van der Waals surface area contributed by atoms with Crippen LogP contribution in [0.2, 0.25) is 5.02 Å². The number of carbonyl (C=O) groups is 2. The summed E-state index contributed by atoms with van der Waals surface area (Å²) in [7, 11) is 1.54. The van der Waals surface area contributed by atoms with E-state index in [2.05, 4.69) is 10.6 Å². The topological polar surface area (TPSA) is 84.2 Å². The Labute approximate surface area is 130 Å². The van der Waals surface area contributed by atoms with E-state index in [9.17, 15) is 9.59 Å². The zero-order valence-electron chi connectivity index (χ0n) is 12.8. The second kappa shape index (κ2) is 6.91. The van der Waals surface area contributed by atoms with Crippen molar-refractivity contribution in [2.24, 2.45) is 11.1 Å².